The molecule has 0 radical (unpaired) electrons. The van der Waals surface area contributed by atoms with Gasteiger partial charge in [-0.05, 0) is 18.2 Å². The Kier molecular flexibility index (Phi) is 6.17. The third-order valence-corrected chi connectivity index (χ3v) is 5.42. The Morgan fingerprint density at radius 1 is 0.710 bits per heavy atom. The standard InChI is InChI=1S/C25H23N3O3/c29-23(18-20-10-6-7-13-26-20)27-14-16-28(17-15-27)25(31)22-12-5-4-11-21(22)24(30)19-8-2-1-3-9-19/h1-13H,14-18H2. The second-order valence-corrected chi connectivity index (χ2v) is 7.41. The summed E-state index contributed by atoms with van der Waals surface area (Å²) in [5.74, 6) is -0.351. The topological polar surface area (TPSA) is 70.6 Å². The zero-order valence-corrected chi connectivity index (χ0v) is 17.1. The number of ketones is 1. The fraction of sp³-hybridized carbons (Fsp3) is 0.200. The molecular formula is C25H23N3O3. The van der Waals surface area contributed by atoms with Crippen molar-refractivity contribution in [2.75, 3.05) is 26.2 Å². The summed E-state index contributed by atoms with van der Waals surface area (Å²) >= 11 is 0. The van der Waals surface area contributed by atoms with Gasteiger partial charge in [-0.15, -0.1) is 0 Å². The van der Waals surface area contributed by atoms with Gasteiger partial charge in [-0.3, -0.25) is 19.4 Å². The summed E-state index contributed by atoms with van der Waals surface area (Å²) in [6.07, 6.45) is 1.93. The molecule has 0 spiro atoms. The van der Waals surface area contributed by atoms with Gasteiger partial charge >= 0.3 is 0 Å². The van der Waals surface area contributed by atoms with Crippen LogP contribution in [0.5, 0.6) is 0 Å². The van der Waals surface area contributed by atoms with E-state index in [1.807, 2.05) is 24.3 Å². The van der Waals surface area contributed by atoms with Crippen LogP contribution in [0.3, 0.4) is 0 Å². The van der Waals surface area contributed by atoms with Crippen LogP contribution in [-0.2, 0) is 11.2 Å². The molecule has 31 heavy (non-hydrogen) atoms. The van der Waals surface area contributed by atoms with Crippen LogP contribution in [0.1, 0.15) is 32.0 Å². The van der Waals surface area contributed by atoms with E-state index in [1.165, 1.54) is 0 Å². The molecule has 156 valence electrons. The molecule has 6 heteroatoms. The first-order valence-corrected chi connectivity index (χ1v) is 10.3. The molecule has 2 aromatic carbocycles. The van der Waals surface area contributed by atoms with Crippen molar-refractivity contribution in [3.63, 3.8) is 0 Å². The van der Waals surface area contributed by atoms with E-state index in [0.717, 1.165) is 5.69 Å². The fourth-order valence-electron chi connectivity index (χ4n) is 3.71. The molecule has 0 bridgehead atoms. The number of benzene rings is 2. The van der Waals surface area contributed by atoms with Gasteiger partial charge in [0.05, 0.1) is 12.0 Å². The van der Waals surface area contributed by atoms with Gasteiger partial charge in [0.15, 0.2) is 5.78 Å². The number of rotatable bonds is 5. The molecule has 1 aliphatic heterocycles. The van der Waals surface area contributed by atoms with Crippen molar-refractivity contribution in [3.05, 3.63) is 101 Å². The lowest BCUT2D eigenvalue weighted by atomic mass is 9.97. The Morgan fingerprint density at radius 2 is 1.32 bits per heavy atom. The van der Waals surface area contributed by atoms with Crippen LogP contribution in [0, 0.1) is 0 Å². The highest BCUT2D eigenvalue weighted by Gasteiger charge is 2.27. The van der Waals surface area contributed by atoms with E-state index in [2.05, 4.69) is 4.98 Å². The Labute approximate surface area is 181 Å². The average molecular weight is 413 g/mol. The lowest BCUT2D eigenvalue weighted by molar-refractivity contribution is -0.132. The van der Waals surface area contributed by atoms with E-state index >= 15 is 0 Å². The summed E-state index contributed by atoms with van der Waals surface area (Å²) in [6.45, 7) is 1.79. The third kappa shape index (κ3) is 4.69. The van der Waals surface area contributed by atoms with Crippen molar-refractivity contribution in [1.29, 1.82) is 0 Å². The number of piperazine rings is 1. The molecule has 0 aliphatic carbocycles. The monoisotopic (exact) mass is 413 g/mol. The number of aromatic nitrogens is 1. The molecule has 0 unspecified atom stereocenters. The number of pyridine rings is 1. The minimum absolute atomic E-state index is 0.00505. The summed E-state index contributed by atoms with van der Waals surface area (Å²) in [5.41, 5.74) is 2.07. The molecule has 0 N–H and O–H groups in total. The molecule has 3 aromatic rings. The predicted molar refractivity (Wildman–Crippen MR) is 117 cm³/mol. The van der Waals surface area contributed by atoms with Crippen molar-refractivity contribution < 1.29 is 14.4 Å². The van der Waals surface area contributed by atoms with Crippen molar-refractivity contribution >= 4 is 17.6 Å². The van der Waals surface area contributed by atoms with Crippen LogP contribution in [0.2, 0.25) is 0 Å². The normalized spacial score (nSPS) is 13.7. The lowest BCUT2D eigenvalue weighted by Gasteiger charge is -2.35. The first-order valence-electron chi connectivity index (χ1n) is 10.3. The summed E-state index contributed by atoms with van der Waals surface area (Å²) < 4.78 is 0. The van der Waals surface area contributed by atoms with Gasteiger partial charge in [0, 0.05) is 49.2 Å². The van der Waals surface area contributed by atoms with Crippen molar-refractivity contribution in [3.8, 4) is 0 Å². The SMILES string of the molecule is O=C(c1ccccc1)c1ccccc1C(=O)N1CCN(C(=O)Cc2ccccn2)CC1. The third-order valence-electron chi connectivity index (χ3n) is 5.42. The number of carbonyl (C=O) groups excluding carboxylic acids is 3. The highest BCUT2D eigenvalue weighted by atomic mass is 16.2. The predicted octanol–water partition coefficient (Wildman–Crippen LogP) is 2.84. The molecule has 1 fully saturated rings. The van der Waals surface area contributed by atoms with Gasteiger partial charge in [-0.25, -0.2) is 0 Å². The number of carbonyl (C=O) groups is 3. The summed E-state index contributed by atoms with van der Waals surface area (Å²) in [5, 5.41) is 0. The Bertz CT molecular complexity index is 1080. The van der Waals surface area contributed by atoms with Gasteiger partial charge < -0.3 is 9.80 Å². The minimum Gasteiger partial charge on any atom is -0.339 e. The molecule has 4 rings (SSSR count). The maximum atomic E-state index is 13.2. The highest BCUT2D eigenvalue weighted by Crippen LogP contribution is 2.18. The zero-order chi connectivity index (χ0) is 21.6. The fourth-order valence-corrected chi connectivity index (χ4v) is 3.71. The quantitative estimate of drug-likeness (QED) is 0.603. The first-order chi connectivity index (χ1) is 15.1. The van der Waals surface area contributed by atoms with Gasteiger partial charge in [-0.1, -0.05) is 54.6 Å². The molecule has 2 heterocycles. The number of amides is 2. The van der Waals surface area contributed by atoms with E-state index in [4.69, 9.17) is 0 Å². The van der Waals surface area contributed by atoms with Crippen molar-refractivity contribution in [2.24, 2.45) is 0 Å². The smallest absolute Gasteiger partial charge is 0.254 e. The zero-order valence-electron chi connectivity index (χ0n) is 17.1. The maximum absolute atomic E-state index is 13.2. The van der Waals surface area contributed by atoms with Crippen LogP contribution >= 0.6 is 0 Å². The second kappa shape index (κ2) is 9.34. The van der Waals surface area contributed by atoms with E-state index in [-0.39, 0.29) is 24.0 Å². The van der Waals surface area contributed by atoms with Crippen LogP contribution in [-0.4, -0.2) is 58.6 Å². The van der Waals surface area contributed by atoms with E-state index in [1.54, 1.807) is 64.5 Å². The second-order valence-electron chi connectivity index (χ2n) is 7.41. The van der Waals surface area contributed by atoms with Gasteiger partial charge in [0.1, 0.15) is 0 Å². The average Bonchev–Trinajstić information content (AvgIpc) is 2.84. The molecular weight excluding hydrogens is 390 g/mol. The lowest BCUT2D eigenvalue weighted by Crippen LogP contribution is -2.51. The maximum Gasteiger partial charge on any atom is 0.254 e. The largest absolute Gasteiger partial charge is 0.339 e. The van der Waals surface area contributed by atoms with Crippen LogP contribution < -0.4 is 0 Å². The van der Waals surface area contributed by atoms with Crippen LogP contribution in [0.4, 0.5) is 0 Å². The minimum atomic E-state index is -0.184. The van der Waals surface area contributed by atoms with Gasteiger partial charge in [-0.2, -0.15) is 0 Å². The van der Waals surface area contributed by atoms with E-state index in [0.29, 0.717) is 42.9 Å². The number of nitrogens with zero attached hydrogens (tertiary/aromatic N) is 3. The summed E-state index contributed by atoms with van der Waals surface area (Å²) in [7, 11) is 0. The van der Waals surface area contributed by atoms with Crippen LogP contribution in [0.25, 0.3) is 0 Å². The highest BCUT2D eigenvalue weighted by molar-refractivity contribution is 6.15. The molecule has 1 saturated heterocycles. The first kappa shape index (κ1) is 20.5. The van der Waals surface area contributed by atoms with E-state index < -0.39 is 0 Å². The number of hydrogen-bond acceptors (Lipinski definition) is 4. The van der Waals surface area contributed by atoms with E-state index in [9.17, 15) is 14.4 Å². The van der Waals surface area contributed by atoms with Crippen molar-refractivity contribution in [2.45, 2.75) is 6.42 Å². The molecule has 2 amide bonds. The Balaban J connectivity index is 1.42. The summed E-state index contributed by atoms with van der Waals surface area (Å²) in [6, 6.07) is 21.4. The Hall–Kier alpha value is -3.80. The molecule has 6 nitrogen and oxygen atoms in total. The molecule has 1 aliphatic rings. The van der Waals surface area contributed by atoms with Crippen molar-refractivity contribution in [1.82, 2.24) is 14.8 Å². The molecule has 0 atom stereocenters. The number of hydrogen-bond donors (Lipinski definition) is 0. The Morgan fingerprint density at radius 3 is 2.00 bits per heavy atom. The van der Waals surface area contributed by atoms with Crippen LogP contribution in [0.15, 0.2) is 79.0 Å². The summed E-state index contributed by atoms with van der Waals surface area (Å²) in [4.78, 5) is 46.4. The molecule has 0 saturated carbocycles. The van der Waals surface area contributed by atoms with Gasteiger partial charge in [0.2, 0.25) is 5.91 Å². The molecule has 1 aromatic heterocycles. The van der Waals surface area contributed by atoms with Gasteiger partial charge in [0.25, 0.3) is 5.91 Å².